The second-order valence-corrected chi connectivity index (χ2v) is 6.41. The maximum Gasteiger partial charge on any atom is 0.220 e. The van der Waals surface area contributed by atoms with Crippen LogP contribution in [0.4, 0.5) is 0 Å². The molecule has 2 aromatic carbocycles. The van der Waals surface area contributed by atoms with Gasteiger partial charge in [0.2, 0.25) is 5.91 Å². The molecule has 0 unspecified atom stereocenters. The molecule has 2 rings (SSSR count). The van der Waals surface area contributed by atoms with E-state index < -0.39 is 0 Å². The third-order valence-corrected chi connectivity index (χ3v) is 4.39. The van der Waals surface area contributed by atoms with Crippen LogP contribution in [0.1, 0.15) is 23.6 Å². The third kappa shape index (κ3) is 5.77. The van der Waals surface area contributed by atoms with Gasteiger partial charge in [0.25, 0.3) is 0 Å². The largest absolute Gasteiger partial charge is 0.497 e. The number of nitrogens with zero attached hydrogens (tertiary/aromatic N) is 1. The summed E-state index contributed by atoms with van der Waals surface area (Å²) in [6.45, 7) is 0.557. The molecule has 0 heterocycles. The lowest BCUT2D eigenvalue weighted by atomic mass is 10.1. The Bertz CT molecular complexity index is 699. The van der Waals surface area contributed by atoms with Gasteiger partial charge in [0.1, 0.15) is 11.5 Å². The Morgan fingerprint density at radius 3 is 2.35 bits per heavy atom. The molecule has 0 bridgehead atoms. The molecule has 1 atom stereocenters. The van der Waals surface area contributed by atoms with Gasteiger partial charge in [-0.3, -0.25) is 4.79 Å². The van der Waals surface area contributed by atoms with E-state index in [4.69, 9.17) is 9.47 Å². The van der Waals surface area contributed by atoms with Gasteiger partial charge in [0.05, 0.1) is 20.3 Å². The molecule has 0 aliphatic rings. The summed E-state index contributed by atoms with van der Waals surface area (Å²) in [5, 5.41) is 3.05. The Balaban J connectivity index is 1.88. The number of aryl methyl sites for hydroxylation is 1. The summed E-state index contributed by atoms with van der Waals surface area (Å²) in [5.74, 6) is 1.70. The minimum Gasteiger partial charge on any atom is -0.497 e. The number of ether oxygens (including phenoxy) is 2. The molecule has 1 N–H and O–H groups in total. The predicted molar refractivity (Wildman–Crippen MR) is 104 cm³/mol. The Morgan fingerprint density at radius 1 is 1.04 bits per heavy atom. The molecule has 0 radical (unpaired) electrons. The van der Waals surface area contributed by atoms with Gasteiger partial charge in [-0.2, -0.15) is 0 Å². The van der Waals surface area contributed by atoms with Crippen LogP contribution in [0.3, 0.4) is 0 Å². The highest BCUT2D eigenvalue weighted by Crippen LogP contribution is 2.22. The van der Waals surface area contributed by atoms with Crippen LogP contribution in [0.25, 0.3) is 0 Å². The van der Waals surface area contributed by atoms with Gasteiger partial charge >= 0.3 is 0 Å². The zero-order chi connectivity index (χ0) is 18.9. The average Bonchev–Trinajstić information content (AvgIpc) is 2.66. The number of amides is 1. The van der Waals surface area contributed by atoms with Crippen LogP contribution in [0, 0.1) is 0 Å². The number of hydrogen-bond acceptors (Lipinski definition) is 4. The van der Waals surface area contributed by atoms with Crippen molar-refractivity contribution in [3.05, 3.63) is 59.7 Å². The number of likely N-dealkylation sites (N-methyl/N-ethyl adjacent to an activating group) is 1. The molecule has 0 saturated carbocycles. The smallest absolute Gasteiger partial charge is 0.220 e. The molecule has 0 aliphatic heterocycles. The lowest BCUT2D eigenvalue weighted by Crippen LogP contribution is -2.34. The molecule has 5 heteroatoms. The zero-order valence-corrected chi connectivity index (χ0v) is 16.0. The van der Waals surface area contributed by atoms with E-state index in [1.807, 2.05) is 56.6 Å². The topological polar surface area (TPSA) is 50.8 Å². The van der Waals surface area contributed by atoms with Crippen LogP contribution in [0.5, 0.6) is 11.5 Å². The van der Waals surface area contributed by atoms with Crippen LogP contribution in [-0.2, 0) is 11.2 Å². The predicted octanol–water partition coefficient (Wildman–Crippen LogP) is 3.06. The molecule has 140 valence electrons. The molecule has 1 amide bonds. The first-order chi connectivity index (χ1) is 12.5. The SMILES string of the molecule is COc1ccc(CCC(=O)NC[C@@H](c2cccc(OC)c2)N(C)C)cc1. The standard InChI is InChI=1S/C21H28N2O3/c1-23(2)20(17-6-5-7-19(14-17)26-4)15-22-21(24)13-10-16-8-11-18(25-3)12-9-16/h5-9,11-12,14,20H,10,13,15H2,1-4H3,(H,22,24)/t20-/m0/s1. The number of carbonyl (C=O) groups excluding carboxylic acids is 1. The van der Waals surface area contributed by atoms with E-state index in [2.05, 4.69) is 16.3 Å². The number of methoxy groups -OCH3 is 2. The first kappa shape index (κ1) is 19.8. The van der Waals surface area contributed by atoms with Crippen molar-refractivity contribution in [1.29, 1.82) is 0 Å². The van der Waals surface area contributed by atoms with Gasteiger partial charge in [-0.05, 0) is 55.9 Å². The highest BCUT2D eigenvalue weighted by molar-refractivity contribution is 5.76. The summed E-state index contributed by atoms with van der Waals surface area (Å²) in [5.41, 5.74) is 2.24. The molecule has 0 spiro atoms. The van der Waals surface area contributed by atoms with Crippen molar-refractivity contribution >= 4 is 5.91 Å². The highest BCUT2D eigenvalue weighted by Gasteiger charge is 2.16. The van der Waals surface area contributed by atoms with Crippen molar-refractivity contribution < 1.29 is 14.3 Å². The van der Waals surface area contributed by atoms with Gasteiger partial charge < -0.3 is 19.7 Å². The number of rotatable bonds is 9. The third-order valence-electron chi connectivity index (χ3n) is 4.39. The monoisotopic (exact) mass is 356 g/mol. The molecular formula is C21H28N2O3. The van der Waals surface area contributed by atoms with Gasteiger partial charge in [-0.1, -0.05) is 24.3 Å². The van der Waals surface area contributed by atoms with Crippen molar-refractivity contribution in [2.24, 2.45) is 0 Å². The molecule has 26 heavy (non-hydrogen) atoms. The summed E-state index contributed by atoms with van der Waals surface area (Å²) >= 11 is 0. The Morgan fingerprint density at radius 2 is 1.73 bits per heavy atom. The van der Waals surface area contributed by atoms with E-state index in [0.717, 1.165) is 22.6 Å². The lowest BCUT2D eigenvalue weighted by molar-refractivity contribution is -0.121. The fourth-order valence-corrected chi connectivity index (χ4v) is 2.80. The summed E-state index contributed by atoms with van der Waals surface area (Å²) < 4.78 is 10.4. The van der Waals surface area contributed by atoms with Crippen LogP contribution in [-0.4, -0.2) is 45.7 Å². The highest BCUT2D eigenvalue weighted by atomic mass is 16.5. The van der Waals surface area contributed by atoms with Crippen molar-refractivity contribution in [2.45, 2.75) is 18.9 Å². The normalized spacial score (nSPS) is 11.9. The minimum atomic E-state index is 0.0514. The molecular weight excluding hydrogens is 328 g/mol. The Kier molecular flexibility index (Phi) is 7.48. The Labute approximate surface area is 155 Å². The second-order valence-electron chi connectivity index (χ2n) is 6.41. The molecule has 5 nitrogen and oxygen atoms in total. The summed E-state index contributed by atoms with van der Waals surface area (Å²) in [4.78, 5) is 14.3. The molecule has 0 aliphatic carbocycles. The van der Waals surface area contributed by atoms with Crippen LogP contribution >= 0.6 is 0 Å². The number of benzene rings is 2. The number of hydrogen-bond donors (Lipinski definition) is 1. The van der Waals surface area contributed by atoms with Crippen molar-refractivity contribution in [2.75, 3.05) is 34.9 Å². The summed E-state index contributed by atoms with van der Waals surface area (Å²) in [6, 6.07) is 15.9. The van der Waals surface area contributed by atoms with E-state index in [9.17, 15) is 4.79 Å². The van der Waals surface area contributed by atoms with E-state index in [-0.39, 0.29) is 11.9 Å². The van der Waals surface area contributed by atoms with Gasteiger partial charge in [0.15, 0.2) is 0 Å². The van der Waals surface area contributed by atoms with E-state index in [1.165, 1.54) is 0 Å². The second kappa shape index (κ2) is 9.82. The fraction of sp³-hybridized carbons (Fsp3) is 0.381. The summed E-state index contributed by atoms with van der Waals surface area (Å²) in [6.07, 6.45) is 1.17. The number of nitrogens with one attached hydrogen (secondary N) is 1. The number of carbonyl (C=O) groups is 1. The first-order valence-corrected chi connectivity index (χ1v) is 8.73. The maximum absolute atomic E-state index is 12.2. The lowest BCUT2D eigenvalue weighted by Gasteiger charge is -2.25. The first-order valence-electron chi connectivity index (χ1n) is 8.73. The van der Waals surface area contributed by atoms with Crippen LogP contribution < -0.4 is 14.8 Å². The van der Waals surface area contributed by atoms with Crippen molar-refractivity contribution in [1.82, 2.24) is 10.2 Å². The molecule has 0 aromatic heterocycles. The minimum absolute atomic E-state index is 0.0514. The zero-order valence-electron chi connectivity index (χ0n) is 16.0. The maximum atomic E-state index is 12.2. The van der Waals surface area contributed by atoms with Crippen molar-refractivity contribution in [3.63, 3.8) is 0 Å². The van der Waals surface area contributed by atoms with Gasteiger partial charge in [-0.15, -0.1) is 0 Å². The average molecular weight is 356 g/mol. The van der Waals surface area contributed by atoms with Crippen molar-refractivity contribution in [3.8, 4) is 11.5 Å². The Hall–Kier alpha value is -2.53. The van der Waals surface area contributed by atoms with Crippen LogP contribution in [0.15, 0.2) is 48.5 Å². The van der Waals surface area contributed by atoms with E-state index in [0.29, 0.717) is 19.4 Å². The van der Waals surface area contributed by atoms with E-state index >= 15 is 0 Å². The summed E-state index contributed by atoms with van der Waals surface area (Å²) in [7, 11) is 7.32. The van der Waals surface area contributed by atoms with E-state index in [1.54, 1.807) is 14.2 Å². The van der Waals surface area contributed by atoms with Gasteiger partial charge in [-0.25, -0.2) is 0 Å². The van der Waals surface area contributed by atoms with Gasteiger partial charge in [0, 0.05) is 13.0 Å². The molecule has 2 aromatic rings. The molecule has 0 fully saturated rings. The van der Waals surface area contributed by atoms with Crippen LogP contribution in [0.2, 0.25) is 0 Å². The molecule has 0 saturated heterocycles. The fourth-order valence-electron chi connectivity index (χ4n) is 2.80. The quantitative estimate of drug-likeness (QED) is 0.750.